The first kappa shape index (κ1) is 12.2. The van der Waals surface area contributed by atoms with Crippen LogP contribution in [0.2, 0.25) is 0 Å². The zero-order chi connectivity index (χ0) is 13.7. The van der Waals surface area contributed by atoms with Crippen LogP contribution in [0.5, 0.6) is 0 Å². The molecule has 106 valence electrons. The Morgan fingerprint density at radius 2 is 1.80 bits per heavy atom. The van der Waals surface area contributed by atoms with E-state index in [1.54, 1.807) is 18.3 Å². The quantitative estimate of drug-likeness (QED) is 0.866. The van der Waals surface area contributed by atoms with E-state index in [0.29, 0.717) is 29.3 Å². The van der Waals surface area contributed by atoms with Gasteiger partial charge in [-0.3, -0.25) is 9.78 Å². The molecule has 1 aromatic heterocycles. The van der Waals surface area contributed by atoms with E-state index in [4.69, 9.17) is 5.73 Å². The van der Waals surface area contributed by atoms with E-state index >= 15 is 0 Å². The summed E-state index contributed by atoms with van der Waals surface area (Å²) in [5.74, 6) is 3.18. The predicted molar refractivity (Wildman–Crippen MR) is 76.9 cm³/mol. The standard InChI is InChI=1S/C16H21N3O/c17-13-1-2-18-14(8-13)16(20)19-15-11-4-9-3-10(6-11)7-12(15)5-9/h1-2,8-12,15H,3-7H2,(H2,17,18)(H,19,20). The molecule has 1 heterocycles. The van der Waals surface area contributed by atoms with E-state index in [0.717, 1.165) is 11.8 Å². The third-order valence-corrected chi connectivity index (χ3v) is 5.54. The van der Waals surface area contributed by atoms with Crippen molar-refractivity contribution >= 4 is 11.6 Å². The number of anilines is 1. The van der Waals surface area contributed by atoms with Crippen molar-refractivity contribution in [3.8, 4) is 0 Å². The Balaban J connectivity index is 1.50. The van der Waals surface area contributed by atoms with Crippen LogP contribution < -0.4 is 11.1 Å². The van der Waals surface area contributed by atoms with Gasteiger partial charge in [0.1, 0.15) is 5.69 Å². The molecule has 1 aromatic rings. The average Bonchev–Trinajstić information content (AvgIpc) is 2.42. The second-order valence-corrected chi connectivity index (χ2v) is 6.90. The lowest BCUT2D eigenvalue weighted by molar-refractivity contribution is -0.0120. The van der Waals surface area contributed by atoms with Gasteiger partial charge in [0.15, 0.2) is 0 Å². The number of hydrogen-bond donors (Lipinski definition) is 2. The fourth-order valence-corrected chi connectivity index (χ4v) is 4.96. The molecule has 4 heteroatoms. The van der Waals surface area contributed by atoms with E-state index in [9.17, 15) is 4.79 Å². The molecule has 1 amide bonds. The molecular formula is C16H21N3O. The molecular weight excluding hydrogens is 250 g/mol. The van der Waals surface area contributed by atoms with Crippen LogP contribution in [0.3, 0.4) is 0 Å². The molecule has 20 heavy (non-hydrogen) atoms. The van der Waals surface area contributed by atoms with Gasteiger partial charge in [-0.05, 0) is 67.9 Å². The van der Waals surface area contributed by atoms with Crippen LogP contribution in [-0.4, -0.2) is 16.9 Å². The Hall–Kier alpha value is -1.58. The minimum atomic E-state index is -0.0604. The largest absolute Gasteiger partial charge is 0.399 e. The lowest BCUT2D eigenvalue weighted by atomic mass is 9.54. The molecule has 0 unspecified atom stereocenters. The van der Waals surface area contributed by atoms with Gasteiger partial charge in [0.2, 0.25) is 0 Å². The second kappa shape index (κ2) is 4.47. The summed E-state index contributed by atoms with van der Waals surface area (Å²) >= 11 is 0. The van der Waals surface area contributed by atoms with Gasteiger partial charge in [0, 0.05) is 17.9 Å². The van der Waals surface area contributed by atoms with E-state index < -0.39 is 0 Å². The van der Waals surface area contributed by atoms with Gasteiger partial charge in [-0.15, -0.1) is 0 Å². The van der Waals surface area contributed by atoms with E-state index in [-0.39, 0.29) is 5.91 Å². The number of rotatable bonds is 2. The maximum atomic E-state index is 12.4. The number of nitrogens with zero attached hydrogens (tertiary/aromatic N) is 1. The highest BCUT2D eigenvalue weighted by molar-refractivity contribution is 5.93. The molecule has 4 nitrogen and oxygen atoms in total. The molecule has 0 saturated heterocycles. The van der Waals surface area contributed by atoms with Crippen molar-refractivity contribution in [2.24, 2.45) is 23.7 Å². The van der Waals surface area contributed by atoms with Gasteiger partial charge in [0.25, 0.3) is 5.91 Å². The molecule has 4 bridgehead atoms. The molecule has 4 fully saturated rings. The molecule has 0 atom stereocenters. The molecule has 4 aliphatic rings. The first-order chi connectivity index (χ1) is 9.69. The summed E-state index contributed by atoms with van der Waals surface area (Å²) in [6.07, 6.45) is 8.26. The molecule has 0 spiro atoms. The highest BCUT2D eigenvalue weighted by Gasteiger charge is 2.48. The van der Waals surface area contributed by atoms with Crippen molar-refractivity contribution < 1.29 is 4.79 Å². The van der Waals surface area contributed by atoms with Gasteiger partial charge in [-0.25, -0.2) is 0 Å². The summed E-state index contributed by atoms with van der Waals surface area (Å²) in [7, 11) is 0. The zero-order valence-electron chi connectivity index (χ0n) is 11.6. The Labute approximate surface area is 119 Å². The number of carbonyl (C=O) groups excluding carboxylic acids is 1. The third-order valence-electron chi connectivity index (χ3n) is 5.54. The minimum absolute atomic E-state index is 0.0604. The van der Waals surface area contributed by atoms with Crippen molar-refractivity contribution in [1.29, 1.82) is 0 Å². The second-order valence-electron chi connectivity index (χ2n) is 6.90. The molecule has 5 rings (SSSR count). The summed E-state index contributed by atoms with van der Waals surface area (Å²) in [6, 6.07) is 3.73. The Bertz CT molecular complexity index is 514. The number of nitrogen functional groups attached to an aromatic ring is 1. The van der Waals surface area contributed by atoms with Crippen LogP contribution in [0.25, 0.3) is 0 Å². The summed E-state index contributed by atoms with van der Waals surface area (Å²) in [5.41, 5.74) is 6.76. The maximum Gasteiger partial charge on any atom is 0.270 e. The fraction of sp³-hybridized carbons (Fsp3) is 0.625. The number of aromatic nitrogens is 1. The van der Waals surface area contributed by atoms with Crippen LogP contribution in [0.4, 0.5) is 5.69 Å². The van der Waals surface area contributed by atoms with Crippen molar-refractivity contribution in [1.82, 2.24) is 10.3 Å². The maximum absolute atomic E-state index is 12.4. The summed E-state index contributed by atoms with van der Waals surface area (Å²) in [5, 5.41) is 3.25. The van der Waals surface area contributed by atoms with Gasteiger partial charge in [-0.2, -0.15) is 0 Å². The van der Waals surface area contributed by atoms with Crippen LogP contribution >= 0.6 is 0 Å². The first-order valence-electron chi connectivity index (χ1n) is 7.71. The van der Waals surface area contributed by atoms with Crippen molar-refractivity contribution in [3.05, 3.63) is 24.0 Å². The zero-order valence-corrected chi connectivity index (χ0v) is 11.6. The monoisotopic (exact) mass is 271 g/mol. The van der Waals surface area contributed by atoms with Crippen molar-refractivity contribution in [2.45, 2.75) is 38.1 Å². The number of pyridine rings is 1. The van der Waals surface area contributed by atoms with Crippen molar-refractivity contribution in [3.63, 3.8) is 0 Å². The molecule has 3 N–H and O–H groups in total. The molecule has 0 aliphatic heterocycles. The number of carbonyl (C=O) groups is 1. The summed E-state index contributed by atoms with van der Waals surface area (Å²) in [6.45, 7) is 0. The molecule has 4 aliphatic carbocycles. The van der Waals surface area contributed by atoms with Gasteiger partial charge in [0.05, 0.1) is 0 Å². The van der Waals surface area contributed by atoms with Crippen LogP contribution in [0, 0.1) is 23.7 Å². The highest BCUT2D eigenvalue weighted by atomic mass is 16.1. The normalized spacial score (nSPS) is 37.9. The number of amides is 1. The lowest BCUT2D eigenvalue weighted by Gasteiger charge is -2.54. The topological polar surface area (TPSA) is 68.0 Å². The van der Waals surface area contributed by atoms with Crippen molar-refractivity contribution in [2.75, 3.05) is 5.73 Å². The number of hydrogen-bond acceptors (Lipinski definition) is 3. The summed E-state index contributed by atoms with van der Waals surface area (Å²) < 4.78 is 0. The predicted octanol–water partition coefficient (Wildman–Crippen LogP) is 2.22. The summed E-state index contributed by atoms with van der Waals surface area (Å²) in [4.78, 5) is 16.5. The fourth-order valence-electron chi connectivity index (χ4n) is 4.96. The van der Waals surface area contributed by atoms with E-state index in [2.05, 4.69) is 10.3 Å². The van der Waals surface area contributed by atoms with E-state index in [1.807, 2.05) is 0 Å². The molecule has 0 radical (unpaired) electrons. The van der Waals surface area contributed by atoms with Gasteiger partial charge in [-0.1, -0.05) is 0 Å². The number of nitrogens with one attached hydrogen (secondary N) is 1. The Morgan fingerprint density at radius 1 is 1.15 bits per heavy atom. The third kappa shape index (κ3) is 1.98. The smallest absolute Gasteiger partial charge is 0.270 e. The lowest BCUT2D eigenvalue weighted by Crippen LogP contribution is -2.55. The SMILES string of the molecule is Nc1ccnc(C(=O)NC2C3CC4CC(C3)CC2C4)c1. The van der Waals surface area contributed by atoms with Crippen LogP contribution in [-0.2, 0) is 0 Å². The Kier molecular flexibility index (Phi) is 2.72. The van der Waals surface area contributed by atoms with Crippen LogP contribution in [0.1, 0.15) is 42.6 Å². The molecule has 4 saturated carbocycles. The van der Waals surface area contributed by atoms with Gasteiger partial charge < -0.3 is 11.1 Å². The Morgan fingerprint density at radius 3 is 2.40 bits per heavy atom. The average molecular weight is 271 g/mol. The minimum Gasteiger partial charge on any atom is -0.399 e. The van der Waals surface area contributed by atoms with E-state index in [1.165, 1.54) is 32.1 Å². The van der Waals surface area contributed by atoms with Gasteiger partial charge >= 0.3 is 0 Å². The van der Waals surface area contributed by atoms with Crippen LogP contribution in [0.15, 0.2) is 18.3 Å². The molecule has 0 aromatic carbocycles. The first-order valence-corrected chi connectivity index (χ1v) is 7.71. The highest BCUT2D eigenvalue weighted by Crippen LogP contribution is 2.53. The number of nitrogens with two attached hydrogens (primary N) is 1.